The van der Waals surface area contributed by atoms with Crippen LogP contribution in [0.5, 0.6) is 0 Å². The molecule has 0 radical (unpaired) electrons. The topological polar surface area (TPSA) is 12.0 Å². The molecule has 0 aliphatic rings. The van der Waals surface area contributed by atoms with Crippen LogP contribution in [0.25, 0.3) is 0 Å². The Labute approximate surface area is 106 Å². The lowest BCUT2D eigenvalue weighted by Crippen LogP contribution is -2.24. The van der Waals surface area contributed by atoms with Gasteiger partial charge in [0, 0.05) is 10.5 Å². The largest absolute Gasteiger partial charge is 0.317 e. The van der Waals surface area contributed by atoms with E-state index in [0.717, 1.165) is 35.7 Å². The molecule has 0 saturated heterocycles. The predicted molar refractivity (Wildman–Crippen MR) is 70.2 cm³/mol. The van der Waals surface area contributed by atoms with Crippen LogP contribution in [-0.4, -0.2) is 13.1 Å². The van der Waals surface area contributed by atoms with Gasteiger partial charge < -0.3 is 5.32 Å². The molecule has 3 heteroatoms. The average molecular weight is 288 g/mol. The lowest BCUT2D eigenvalue weighted by Gasteiger charge is -2.13. The van der Waals surface area contributed by atoms with Gasteiger partial charge in [0.25, 0.3) is 0 Å². The fourth-order valence-corrected chi connectivity index (χ4v) is 2.15. The fourth-order valence-electron chi connectivity index (χ4n) is 1.82. The van der Waals surface area contributed by atoms with Crippen molar-refractivity contribution in [2.45, 2.75) is 38.6 Å². The number of rotatable bonds is 6. The highest BCUT2D eigenvalue weighted by Crippen LogP contribution is 2.17. The second-order valence-electron chi connectivity index (χ2n) is 4.02. The number of nitrogens with one attached hydrogen (secondary N) is 1. The van der Waals surface area contributed by atoms with Gasteiger partial charge >= 0.3 is 0 Å². The molecule has 0 bridgehead atoms. The summed E-state index contributed by atoms with van der Waals surface area (Å²) >= 11 is 3.26. The molecular weight excluding hydrogens is 269 g/mol. The fraction of sp³-hybridized carbons (Fsp3) is 0.538. The highest BCUT2D eigenvalue weighted by Gasteiger charge is 2.05. The molecule has 0 amide bonds. The Balaban J connectivity index is 2.42. The van der Waals surface area contributed by atoms with E-state index in [9.17, 15) is 4.39 Å². The van der Waals surface area contributed by atoms with Crippen molar-refractivity contribution in [3.05, 3.63) is 34.1 Å². The van der Waals surface area contributed by atoms with Gasteiger partial charge in [-0.05, 0) is 50.4 Å². The van der Waals surface area contributed by atoms with E-state index in [0.29, 0.717) is 6.04 Å². The first-order valence-electron chi connectivity index (χ1n) is 5.78. The number of hydrogen-bond donors (Lipinski definition) is 1. The molecular formula is C13H19BrFN. The summed E-state index contributed by atoms with van der Waals surface area (Å²) in [5, 5.41) is 3.26. The Morgan fingerprint density at radius 3 is 2.75 bits per heavy atom. The molecule has 0 aliphatic carbocycles. The molecule has 0 aromatic heterocycles. The normalized spacial score (nSPS) is 12.8. The van der Waals surface area contributed by atoms with E-state index in [1.165, 1.54) is 6.07 Å². The van der Waals surface area contributed by atoms with Gasteiger partial charge in [-0.2, -0.15) is 0 Å². The van der Waals surface area contributed by atoms with Crippen LogP contribution in [-0.2, 0) is 6.42 Å². The van der Waals surface area contributed by atoms with Gasteiger partial charge in [0.2, 0.25) is 0 Å². The van der Waals surface area contributed by atoms with Crippen LogP contribution in [0, 0.1) is 5.82 Å². The second-order valence-corrected chi connectivity index (χ2v) is 4.94. The third-order valence-corrected chi connectivity index (χ3v) is 3.41. The minimum atomic E-state index is -0.105. The predicted octanol–water partition coefficient (Wildman–Crippen LogP) is 3.91. The Hall–Kier alpha value is -0.410. The molecule has 16 heavy (non-hydrogen) atoms. The van der Waals surface area contributed by atoms with Crippen LogP contribution < -0.4 is 5.32 Å². The maximum absolute atomic E-state index is 13.5. The summed E-state index contributed by atoms with van der Waals surface area (Å²) in [6.07, 6.45) is 4.07. The molecule has 1 nitrogen and oxygen atoms in total. The van der Waals surface area contributed by atoms with Crippen molar-refractivity contribution in [1.82, 2.24) is 5.32 Å². The van der Waals surface area contributed by atoms with E-state index >= 15 is 0 Å². The average Bonchev–Trinajstić information content (AvgIpc) is 2.27. The number of benzene rings is 1. The first-order valence-corrected chi connectivity index (χ1v) is 6.57. The summed E-state index contributed by atoms with van der Waals surface area (Å²) in [5.74, 6) is -0.105. The summed E-state index contributed by atoms with van der Waals surface area (Å²) < 4.78 is 14.3. The number of halogens is 2. The summed E-state index contributed by atoms with van der Waals surface area (Å²) in [4.78, 5) is 0. The minimum Gasteiger partial charge on any atom is -0.317 e. The number of aryl methyl sites for hydroxylation is 1. The van der Waals surface area contributed by atoms with E-state index < -0.39 is 0 Å². The zero-order chi connectivity index (χ0) is 12.0. The Kier molecular flexibility index (Phi) is 5.99. The Morgan fingerprint density at radius 1 is 1.44 bits per heavy atom. The van der Waals surface area contributed by atoms with E-state index in [4.69, 9.17) is 0 Å². The smallest absolute Gasteiger partial charge is 0.127 e. The molecule has 90 valence electrons. The van der Waals surface area contributed by atoms with Crippen LogP contribution in [0.4, 0.5) is 4.39 Å². The third kappa shape index (κ3) is 4.22. The highest BCUT2D eigenvalue weighted by molar-refractivity contribution is 9.10. The van der Waals surface area contributed by atoms with Crippen LogP contribution in [0.2, 0.25) is 0 Å². The molecule has 1 rings (SSSR count). The van der Waals surface area contributed by atoms with Gasteiger partial charge in [-0.3, -0.25) is 0 Å². The molecule has 0 spiro atoms. The minimum absolute atomic E-state index is 0.105. The molecule has 1 aromatic rings. The highest BCUT2D eigenvalue weighted by atomic mass is 79.9. The summed E-state index contributed by atoms with van der Waals surface area (Å²) in [5.41, 5.74) is 0.814. The van der Waals surface area contributed by atoms with Crippen LogP contribution in [0.15, 0.2) is 22.7 Å². The van der Waals surface area contributed by atoms with E-state index in [1.807, 2.05) is 19.2 Å². The summed E-state index contributed by atoms with van der Waals surface area (Å²) in [6, 6.07) is 5.84. The van der Waals surface area contributed by atoms with Gasteiger partial charge in [-0.15, -0.1) is 0 Å². The SMILES string of the molecule is CCC(CCCc1ccc(Br)cc1F)NC. The molecule has 1 unspecified atom stereocenters. The molecule has 1 N–H and O–H groups in total. The van der Waals surface area contributed by atoms with Gasteiger partial charge in [0.1, 0.15) is 5.82 Å². The molecule has 1 atom stereocenters. The Morgan fingerprint density at radius 2 is 2.19 bits per heavy atom. The zero-order valence-corrected chi connectivity index (χ0v) is 11.5. The summed E-state index contributed by atoms with van der Waals surface area (Å²) in [6.45, 7) is 2.17. The quantitative estimate of drug-likeness (QED) is 0.837. The lowest BCUT2D eigenvalue weighted by molar-refractivity contribution is 0.488. The van der Waals surface area contributed by atoms with Crippen molar-refractivity contribution >= 4 is 15.9 Å². The molecule has 0 heterocycles. The standard InChI is InChI=1S/C13H19BrFN/c1-3-12(16-2)6-4-5-10-7-8-11(14)9-13(10)15/h7-9,12,16H,3-6H2,1-2H3. The van der Waals surface area contributed by atoms with Crippen molar-refractivity contribution < 1.29 is 4.39 Å². The van der Waals surface area contributed by atoms with Gasteiger partial charge in [0.15, 0.2) is 0 Å². The van der Waals surface area contributed by atoms with Gasteiger partial charge in [-0.1, -0.05) is 28.9 Å². The van der Waals surface area contributed by atoms with Gasteiger partial charge in [-0.25, -0.2) is 4.39 Å². The van der Waals surface area contributed by atoms with Gasteiger partial charge in [0.05, 0.1) is 0 Å². The van der Waals surface area contributed by atoms with E-state index in [-0.39, 0.29) is 5.82 Å². The first-order chi connectivity index (χ1) is 7.67. The van der Waals surface area contributed by atoms with Crippen molar-refractivity contribution in [2.24, 2.45) is 0 Å². The zero-order valence-electron chi connectivity index (χ0n) is 9.89. The van der Waals surface area contributed by atoms with Crippen LogP contribution in [0.3, 0.4) is 0 Å². The van der Waals surface area contributed by atoms with Crippen molar-refractivity contribution in [2.75, 3.05) is 7.05 Å². The first kappa shape index (κ1) is 13.7. The summed E-state index contributed by atoms with van der Waals surface area (Å²) in [7, 11) is 1.98. The van der Waals surface area contributed by atoms with E-state index in [2.05, 4.69) is 28.2 Å². The monoisotopic (exact) mass is 287 g/mol. The van der Waals surface area contributed by atoms with E-state index in [1.54, 1.807) is 0 Å². The van der Waals surface area contributed by atoms with Crippen LogP contribution >= 0.6 is 15.9 Å². The lowest BCUT2D eigenvalue weighted by atomic mass is 10.0. The number of hydrogen-bond acceptors (Lipinski definition) is 1. The Bertz CT molecular complexity index is 324. The second kappa shape index (κ2) is 7.02. The van der Waals surface area contributed by atoms with Crippen LogP contribution in [0.1, 0.15) is 31.7 Å². The third-order valence-electron chi connectivity index (χ3n) is 2.91. The molecule has 0 fully saturated rings. The van der Waals surface area contributed by atoms with Crippen molar-refractivity contribution in [3.8, 4) is 0 Å². The molecule has 1 aromatic carbocycles. The molecule has 0 saturated carbocycles. The molecule has 0 aliphatic heterocycles. The maximum Gasteiger partial charge on any atom is 0.127 e. The van der Waals surface area contributed by atoms with Crippen molar-refractivity contribution in [3.63, 3.8) is 0 Å². The van der Waals surface area contributed by atoms with Crippen molar-refractivity contribution in [1.29, 1.82) is 0 Å². The maximum atomic E-state index is 13.5.